The number of aliphatic hydroxyl groups is 20. The van der Waals surface area contributed by atoms with Crippen LogP contribution in [0.2, 0.25) is 0 Å². The van der Waals surface area contributed by atoms with E-state index in [1.165, 1.54) is 23.3 Å². The van der Waals surface area contributed by atoms with Crippen molar-refractivity contribution < 1.29 is 168 Å². The molecule has 0 radical (unpaired) electrons. The lowest BCUT2D eigenvalue weighted by Crippen LogP contribution is -2.68. The van der Waals surface area contributed by atoms with Gasteiger partial charge in [-0.05, 0) is 0 Å². The molecule has 21 saturated heterocycles. The van der Waals surface area contributed by atoms with Crippen LogP contribution in [0.1, 0.15) is 0 Å². The standard InChI is InChI=1S/C45H72N2O34/c48-4-12-33-20(56)27(63)41(70-12)78-35-14(6-50)72-43(29(65)22(35)58)80-37-16(8-52)74-45(31(67)24(37)60)81-38-17(9-53)73-44(30(66)23(38)59)79-36-15(7-51)71-42(28(64)21(36)57)77-34-13(5-49)69-40(26(62)19(34)55)75-32-11(3-47-2-1-46-10-47)68-39(76-33)25(61)18(32)54/h1-2,10-45,48-67H,3-9H2/t11-,12-,13-,14-,15-,16-,17-,18-,19-,20-,21-,22-,23-,24-,25-,26-,27-,28-,29-,30-,31-,32-,33-,34-,35-,36-,37-,38-,39-,40-,41-,42-,43-,44-,45-/m1/s1. The van der Waals surface area contributed by atoms with Crippen molar-refractivity contribution in [2.75, 3.05) is 39.6 Å². The molecule has 21 fully saturated rings. The van der Waals surface area contributed by atoms with Gasteiger partial charge in [0.2, 0.25) is 0 Å². The highest BCUT2D eigenvalue weighted by Gasteiger charge is 2.59. The maximum absolute atomic E-state index is 11.7. The molecule has 36 heteroatoms. The Kier molecular flexibility index (Phi) is 21.0. The predicted molar refractivity (Wildman–Crippen MR) is 244 cm³/mol. The molecule has 22 rings (SSSR count). The average Bonchev–Trinajstić information content (AvgIpc) is 4.07. The van der Waals surface area contributed by atoms with Gasteiger partial charge in [-0.2, -0.15) is 0 Å². The first-order valence-corrected chi connectivity index (χ1v) is 26.0. The smallest absolute Gasteiger partial charge is 0.187 e. The van der Waals surface area contributed by atoms with Gasteiger partial charge in [0.15, 0.2) is 44.0 Å². The van der Waals surface area contributed by atoms with E-state index >= 15 is 0 Å². The van der Waals surface area contributed by atoms with E-state index in [1.54, 1.807) is 0 Å². The summed E-state index contributed by atoms with van der Waals surface area (Å²) in [4.78, 5) is 3.96. The van der Waals surface area contributed by atoms with Crippen LogP contribution in [0.5, 0.6) is 0 Å². The van der Waals surface area contributed by atoms with Crippen molar-refractivity contribution in [3.63, 3.8) is 0 Å². The molecule has 14 bridgehead atoms. The van der Waals surface area contributed by atoms with Crippen molar-refractivity contribution in [1.82, 2.24) is 9.55 Å². The largest absolute Gasteiger partial charge is 0.394 e. The van der Waals surface area contributed by atoms with Crippen LogP contribution in [0, 0.1) is 0 Å². The van der Waals surface area contributed by atoms with Crippen molar-refractivity contribution in [2.24, 2.45) is 0 Å². The number of aromatic nitrogens is 2. The number of imidazole rings is 1. The van der Waals surface area contributed by atoms with Crippen LogP contribution in [0.15, 0.2) is 18.7 Å². The molecule has 35 atom stereocenters. The number of rotatable bonds is 8. The Morgan fingerprint density at radius 2 is 0.444 bits per heavy atom. The number of nitrogens with zero attached hydrogens (tertiary/aromatic N) is 2. The minimum Gasteiger partial charge on any atom is -0.394 e. The third kappa shape index (κ3) is 12.6. The molecule has 1 aromatic rings. The van der Waals surface area contributed by atoms with Gasteiger partial charge in [-0.25, -0.2) is 4.98 Å². The normalized spacial score (nSPS) is 53.2. The Hall–Kier alpha value is -2.15. The third-order valence-corrected chi connectivity index (χ3v) is 15.6. The number of hydrogen-bond acceptors (Lipinski definition) is 35. The summed E-state index contributed by atoms with van der Waals surface area (Å²) in [5.41, 5.74) is 0. The monoisotopic (exact) mass is 1180 g/mol. The minimum atomic E-state index is -2.20. The highest BCUT2D eigenvalue weighted by Crippen LogP contribution is 2.39. The van der Waals surface area contributed by atoms with Crippen LogP contribution >= 0.6 is 0 Å². The maximum Gasteiger partial charge on any atom is 0.187 e. The molecule has 22 heterocycles. The first kappa shape index (κ1) is 63.4. The summed E-state index contributed by atoms with van der Waals surface area (Å²) in [5.74, 6) is 0. The topological polar surface area (TPSA) is 552 Å². The average molecular weight is 1190 g/mol. The summed E-state index contributed by atoms with van der Waals surface area (Å²) in [6, 6.07) is 0. The van der Waals surface area contributed by atoms with Crippen molar-refractivity contribution in [3.05, 3.63) is 18.7 Å². The van der Waals surface area contributed by atoms with E-state index in [4.69, 9.17) is 66.3 Å². The fourth-order valence-electron chi connectivity index (χ4n) is 11.0. The van der Waals surface area contributed by atoms with Gasteiger partial charge in [-0.3, -0.25) is 0 Å². The van der Waals surface area contributed by atoms with Gasteiger partial charge in [0, 0.05) is 12.4 Å². The van der Waals surface area contributed by atoms with Gasteiger partial charge in [0.1, 0.15) is 171 Å². The van der Waals surface area contributed by atoms with Gasteiger partial charge in [-0.15, -0.1) is 0 Å². The number of hydrogen-bond donors (Lipinski definition) is 20. The second-order valence-electron chi connectivity index (χ2n) is 20.7. The van der Waals surface area contributed by atoms with Gasteiger partial charge < -0.3 is 173 Å². The lowest BCUT2D eigenvalue weighted by molar-refractivity contribution is -0.396. The van der Waals surface area contributed by atoms with Crippen molar-refractivity contribution >= 4 is 0 Å². The zero-order chi connectivity index (χ0) is 58.5. The molecule has 0 aliphatic carbocycles. The fourth-order valence-corrected chi connectivity index (χ4v) is 11.0. The molecule has 0 saturated carbocycles. The lowest BCUT2D eigenvalue weighted by Gasteiger charge is -2.50. The highest BCUT2D eigenvalue weighted by molar-refractivity contribution is 5.02. The quantitative estimate of drug-likeness (QED) is 0.115. The molecule has 81 heavy (non-hydrogen) atoms. The predicted octanol–water partition coefficient (Wildman–Crippen LogP) is -14.3. The van der Waals surface area contributed by atoms with Gasteiger partial charge in [0.25, 0.3) is 0 Å². The SMILES string of the molecule is OC[C@H]1O[C@@H]2O[C@H]3[C@H](O)[C@@H](O)[C@@H](O[C@H]4[C@H](O)[C@@H](O)[C@@H](O[C@H]5[C@H](O)[C@@H](O)[C@@H](O[C@H]6[C@H](O)[C@@H](O)[C@@H](O[C@H]7[C@H](O)[C@@H](O)[C@@H](O[C@H]8[C@H](O)[C@@H](O)[C@@H](O[C@H]1[C@H](O)[C@H]2O)O[C@@H]8CO)O[C@@H]7CO)O[C@@H]6CO)O[C@@H]5Cn1ccnc1)O[C@@H]4CO)O[C@@H]3CO. The molecule has 20 N–H and O–H groups in total. The summed E-state index contributed by atoms with van der Waals surface area (Å²) in [7, 11) is 0. The zero-order valence-corrected chi connectivity index (χ0v) is 42.4. The van der Waals surface area contributed by atoms with Gasteiger partial charge >= 0.3 is 0 Å². The summed E-state index contributed by atoms with van der Waals surface area (Å²) in [6.45, 7) is -6.49. The van der Waals surface area contributed by atoms with E-state index in [0.29, 0.717) is 0 Å². The van der Waals surface area contributed by atoms with Crippen LogP contribution in [0.3, 0.4) is 0 Å². The summed E-state index contributed by atoms with van der Waals surface area (Å²) in [5, 5.41) is 222. The lowest BCUT2D eigenvalue weighted by atomic mass is 9.95. The van der Waals surface area contributed by atoms with Gasteiger partial charge in [0.05, 0.1) is 52.5 Å². The van der Waals surface area contributed by atoms with E-state index in [-0.39, 0.29) is 6.54 Å². The molecule has 466 valence electrons. The van der Waals surface area contributed by atoms with Crippen LogP contribution in [-0.4, -0.2) is 366 Å². The van der Waals surface area contributed by atoms with Crippen molar-refractivity contribution in [2.45, 2.75) is 221 Å². The van der Waals surface area contributed by atoms with E-state index in [2.05, 4.69) is 4.98 Å². The Morgan fingerprint density at radius 1 is 0.259 bits per heavy atom. The number of ether oxygens (including phenoxy) is 14. The molecule has 0 amide bonds. The molecule has 0 spiro atoms. The Labute approximate surface area is 457 Å². The first-order valence-electron chi connectivity index (χ1n) is 26.0. The summed E-state index contributed by atoms with van der Waals surface area (Å²) in [6.07, 6.45) is -65.2. The Bertz CT molecular complexity index is 2080. The molecular formula is C45H72N2O34. The Morgan fingerprint density at radius 3 is 0.617 bits per heavy atom. The van der Waals surface area contributed by atoms with Crippen molar-refractivity contribution in [3.8, 4) is 0 Å². The molecule has 21 aliphatic rings. The van der Waals surface area contributed by atoms with Crippen LogP contribution in [0.4, 0.5) is 0 Å². The second kappa shape index (κ2) is 26.9. The van der Waals surface area contributed by atoms with E-state index in [0.717, 1.165) is 0 Å². The summed E-state index contributed by atoms with van der Waals surface area (Å²) >= 11 is 0. The molecular weight excluding hydrogens is 1110 g/mol. The van der Waals surface area contributed by atoms with Crippen molar-refractivity contribution in [1.29, 1.82) is 0 Å². The van der Waals surface area contributed by atoms with E-state index in [9.17, 15) is 102 Å². The van der Waals surface area contributed by atoms with Crippen LogP contribution in [-0.2, 0) is 72.9 Å². The molecule has 0 aromatic carbocycles. The molecule has 36 nitrogen and oxygen atoms in total. The van der Waals surface area contributed by atoms with E-state index < -0.39 is 255 Å². The molecule has 1 aromatic heterocycles. The van der Waals surface area contributed by atoms with Gasteiger partial charge in [-0.1, -0.05) is 0 Å². The van der Waals surface area contributed by atoms with E-state index in [1.807, 2.05) is 0 Å². The highest BCUT2D eigenvalue weighted by atomic mass is 16.8. The maximum atomic E-state index is 11.7. The summed E-state index contributed by atoms with van der Waals surface area (Å²) < 4.78 is 82.4. The molecule has 21 aliphatic heterocycles. The number of aliphatic hydroxyl groups excluding tert-OH is 20. The second-order valence-corrected chi connectivity index (χ2v) is 20.7. The fraction of sp³-hybridized carbons (Fsp3) is 0.933. The molecule has 0 unspecified atom stereocenters. The van der Waals surface area contributed by atoms with Crippen LogP contribution < -0.4 is 0 Å². The third-order valence-electron chi connectivity index (χ3n) is 15.6. The first-order chi connectivity index (χ1) is 38.7. The minimum absolute atomic E-state index is 0.283. The zero-order valence-electron chi connectivity index (χ0n) is 42.4. The van der Waals surface area contributed by atoms with Crippen LogP contribution in [0.25, 0.3) is 0 Å². The Balaban J connectivity index is 1.01.